The molecule has 3 aromatic heterocycles. The zero-order valence-electron chi connectivity index (χ0n) is 8.20. The molecular weight excluding hydrogens is 222 g/mol. The van der Waals surface area contributed by atoms with Crippen LogP contribution >= 0.6 is 11.3 Å². The molecule has 0 unspecified atom stereocenters. The van der Waals surface area contributed by atoms with Crippen molar-refractivity contribution in [3.63, 3.8) is 0 Å². The van der Waals surface area contributed by atoms with Gasteiger partial charge in [-0.05, 0) is 17.5 Å². The minimum Gasteiger partial charge on any atom is -0.286 e. The van der Waals surface area contributed by atoms with E-state index in [2.05, 4.69) is 9.97 Å². The van der Waals surface area contributed by atoms with Gasteiger partial charge >= 0.3 is 0 Å². The number of carbonyl (C=O) groups is 1. The van der Waals surface area contributed by atoms with E-state index in [-0.39, 0.29) is 5.78 Å². The summed E-state index contributed by atoms with van der Waals surface area (Å²) in [6.07, 6.45) is 5.00. The molecule has 0 aliphatic rings. The first-order chi connectivity index (χ1) is 7.86. The number of nitrogens with zero attached hydrogens (tertiary/aromatic N) is 3. The van der Waals surface area contributed by atoms with Gasteiger partial charge in [0, 0.05) is 12.4 Å². The first kappa shape index (κ1) is 9.23. The number of hydrogen-bond acceptors (Lipinski definition) is 4. The molecule has 0 bridgehead atoms. The van der Waals surface area contributed by atoms with E-state index in [1.54, 1.807) is 29.1 Å². The third-order valence-corrected chi connectivity index (χ3v) is 3.13. The first-order valence-corrected chi connectivity index (χ1v) is 5.60. The lowest BCUT2D eigenvalue weighted by molar-refractivity contribution is 0.103. The van der Waals surface area contributed by atoms with Crippen molar-refractivity contribution in [2.24, 2.45) is 0 Å². The van der Waals surface area contributed by atoms with E-state index in [4.69, 9.17) is 0 Å². The molecule has 0 saturated carbocycles. The average Bonchev–Trinajstić information content (AvgIpc) is 2.98. The van der Waals surface area contributed by atoms with Crippen LogP contribution in [0.15, 0.2) is 42.2 Å². The van der Waals surface area contributed by atoms with Gasteiger partial charge in [0.25, 0.3) is 0 Å². The Hall–Kier alpha value is -2.01. The Bertz CT molecular complexity index is 642. The van der Waals surface area contributed by atoms with Gasteiger partial charge in [0.05, 0.1) is 11.1 Å². The van der Waals surface area contributed by atoms with Crippen LogP contribution in [0.2, 0.25) is 0 Å². The highest BCUT2D eigenvalue weighted by molar-refractivity contribution is 7.12. The number of hydrogen-bond donors (Lipinski definition) is 0. The summed E-state index contributed by atoms with van der Waals surface area (Å²) in [6, 6.07) is 5.45. The fourth-order valence-electron chi connectivity index (χ4n) is 1.53. The maximum Gasteiger partial charge on any atom is 0.234 e. The number of fused-ring (bicyclic) bond motifs is 1. The highest BCUT2D eigenvalue weighted by Crippen LogP contribution is 2.15. The Morgan fingerprint density at radius 3 is 3.06 bits per heavy atom. The molecule has 0 aliphatic carbocycles. The van der Waals surface area contributed by atoms with Gasteiger partial charge in [-0.1, -0.05) is 6.07 Å². The second-order valence-electron chi connectivity index (χ2n) is 3.24. The van der Waals surface area contributed by atoms with Crippen LogP contribution in [-0.2, 0) is 0 Å². The molecule has 0 atom stereocenters. The Kier molecular flexibility index (Phi) is 2.04. The molecule has 3 aromatic rings. The van der Waals surface area contributed by atoms with Crippen LogP contribution in [0.4, 0.5) is 0 Å². The molecule has 78 valence electrons. The first-order valence-electron chi connectivity index (χ1n) is 4.72. The summed E-state index contributed by atoms with van der Waals surface area (Å²) in [5, 5.41) is 1.88. The minimum absolute atomic E-state index is 0.0181. The molecule has 16 heavy (non-hydrogen) atoms. The topological polar surface area (TPSA) is 47.3 Å². The van der Waals surface area contributed by atoms with Crippen LogP contribution in [0.1, 0.15) is 15.4 Å². The smallest absolute Gasteiger partial charge is 0.234 e. The van der Waals surface area contributed by atoms with Gasteiger partial charge in [-0.3, -0.25) is 9.20 Å². The van der Waals surface area contributed by atoms with Crippen molar-refractivity contribution >= 4 is 22.9 Å². The van der Waals surface area contributed by atoms with E-state index in [0.717, 1.165) is 0 Å². The molecular formula is C11H7N3OS. The number of imidazole rings is 1. The van der Waals surface area contributed by atoms with Crippen molar-refractivity contribution in [2.75, 3.05) is 0 Å². The normalized spacial score (nSPS) is 10.8. The molecule has 3 rings (SSSR count). The van der Waals surface area contributed by atoms with E-state index in [0.29, 0.717) is 16.3 Å². The third-order valence-electron chi connectivity index (χ3n) is 2.27. The van der Waals surface area contributed by atoms with Gasteiger partial charge in [-0.2, -0.15) is 0 Å². The lowest BCUT2D eigenvalue weighted by Gasteiger charge is -1.97. The Morgan fingerprint density at radius 1 is 1.31 bits per heavy atom. The molecule has 0 amide bonds. The van der Waals surface area contributed by atoms with Crippen molar-refractivity contribution < 1.29 is 4.79 Å². The van der Waals surface area contributed by atoms with Crippen molar-refractivity contribution in [3.8, 4) is 0 Å². The van der Waals surface area contributed by atoms with E-state index >= 15 is 0 Å². The quantitative estimate of drug-likeness (QED) is 0.632. The molecule has 0 N–H and O–H groups in total. The van der Waals surface area contributed by atoms with Gasteiger partial charge in [-0.25, -0.2) is 9.97 Å². The van der Waals surface area contributed by atoms with E-state index in [9.17, 15) is 4.79 Å². The molecule has 0 saturated heterocycles. The summed E-state index contributed by atoms with van der Waals surface area (Å²) in [6.45, 7) is 0. The summed E-state index contributed by atoms with van der Waals surface area (Å²) in [5.74, 6) is 0.526. The zero-order valence-corrected chi connectivity index (χ0v) is 9.02. The van der Waals surface area contributed by atoms with Crippen LogP contribution in [0.3, 0.4) is 0 Å². The number of rotatable bonds is 2. The standard InChI is InChI=1S/C11H7N3OS/c15-10(9-3-1-6-16-9)8-7-13-11-12-4-2-5-14(8)11/h1-7H. The molecule has 4 nitrogen and oxygen atoms in total. The van der Waals surface area contributed by atoms with E-state index < -0.39 is 0 Å². The molecule has 0 aliphatic heterocycles. The van der Waals surface area contributed by atoms with Crippen molar-refractivity contribution in [2.45, 2.75) is 0 Å². The van der Waals surface area contributed by atoms with Crippen LogP contribution in [0.5, 0.6) is 0 Å². The lowest BCUT2D eigenvalue weighted by Crippen LogP contribution is -2.03. The summed E-state index contributed by atoms with van der Waals surface area (Å²) in [5.41, 5.74) is 0.547. The molecule has 5 heteroatoms. The van der Waals surface area contributed by atoms with Crippen LogP contribution in [0.25, 0.3) is 5.78 Å². The van der Waals surface area contributed by atoms with Gasteiger partial charge in [0.15, 0.2) is 0 Å². The number of carbonyl (C=O) groups excluding carboxylic acids is 1. The fraction of sp³-hybridized carbons (Fsp3) is 0. The summed E-state index contributed by atoms with van der Waals surface area (Å²) in [7, 11) is 0. The zero-order chi connectivity index (χ0) is 11.0. The van der Waals surface area contributed by atoms with E-state index in [1.165, 1.54) is 11.3 Å². The summed E-state index contributed by atoms with van der Waals surface area (Å²) >= 11 is 1.43. The van der Waals surface area contributed by atoms with Gasteiger partial charge in [0.2, 0.25) is 11.6 Å². The minimum atomic E-state index is -0.0181. The van der Waals surface area contributed by atoms with Crippen LogP contribution < -0.4 is 0 Å². The van der Waals surface area contributed by atoms with E-state index in [1.807, 2.05) is 17.5 Å². The molecule has 3 heterocycles. The second-order valence-corrected chi connectivity index (χ2v) is 4.19. The molecule has 0 radical (unpaired) electrons. The van der Waals surface area contributed by atoms with Crippen molar-refractivity contribution in [3.05, 3.63) is 52.7 Å². The fourth-order valence-corrected chi connectivity index (χ4v) is 2.20. The van der Waals surface area contributed by atoms with Gasteiger partial charge in [-0.15, -0.1) is 11.3 Å². The Morgan fingerprint density at radius 2 is 2.25 bits per heavy atom. The maximum absolute atomic E-state index is 12.1. The molecule has 0 spiro atoms. The van der Waals surface area contributed by atoms with Gasteiger partial charge < -0.3 is 0 Å². The van der Waals surface area contributed by atoms with Gasteiger partial charge in [0.1, 0.15) is 5.69 Å². The third kappa shape index (κ3) is 1.33. The number of aromatic nitrogens is 3. The Balaban J connectivity index is 2.16. The van der Waals surface area contributed by atoms with Crippen molar-refractivity contribution in [1.82, 2.24) is 14.4 Å². The largest absolute Gasteiger partial charge is 0.286 e. The maximum atomic E-state index is 12.1. The Labute approximate surface area is 95.2 Å². The average molecular weight is 229 g/mol. The lowest BCUT2D eigenvalue weighted by atomic mass is 10.2. The summed E-state index contributed by atoms with van der Waals surface area (Å²) in [4.78, 5) is 21.0. The van der Waals surface area contributed by atoms with Crippen LogP contribution in [-0.4, -0.2) is 20.2 Å². The highest BCUT2D eigenvalue weighted by atomic mass is 32.1. The number of ketones is 1. The predicted octanol–water partition coefficient (Wildman–Crippen LogP) is 2.02. The second kappa shape index (κ2) is 3.53. The number of thiophene rings is 1. The van der Waals surface area contributed by atoms with Crippen molar-refractivity contribution in [1.29, 1.82) is 0 Å². The predicted molar refractivity (Wildman–Crippen MR) is 60.7 cm³/mol. The monoisotopic (exact) mass is 229 g/mol. The summed E-state index contributed by atoms with van der Waals surface area (Å²) < 4.78 is 1.70. The molecule has 0 aromatic carbocycles. The molecule has 0 fully saturated rings. The highest BCUT2D eigenvalue weighted by Gasteiger charge is 2.14. The van der Waals surface area contributed by atoms with Crippen LogP contribution in [0, 0.1) is 0 Å². The SMILES string of the molecule is O=C(c1cccs1)c1cnc2ncccn12.